The monoisotopic (exact) mass is 810 g/mol. The van der Waals surface area contributed by atoms with Crippen molar-refractivity contribution < 1.29 is 0 Å². The van der Waals surface area contributed by atoms with Gasteiger partial charge in [0.2, 0.25) is 0 Å². The van der Waals surface area contributed by atoms with Crippen LogP contribution < -0.4 is 0 Å². The molecule has 0 radical (unpaired) electrons. The summed E-state index contributed by atoms with van der Waals surface area (Å²) >= 11 is 0. The quantitative estimate of drug-likeness (QED) is 0.178. The first-order valence-corrected chi connectivity index (χ1v) is 23.3. The van der Waals surface area contributed by atoms with Gasteiger partial charge in [-0.05, 0) is 123 Å². The Bertz CT molecular complexity index is 3720. The second kappa shape index (κ2) is 12.2. The predicted octanol–water partition coefficient (Wildman–Crippen LogP) is 14.7. The Hall–Kier alpha value is -6.88. The molecule has 2 bridgehead atoms. The van der Waals surface area contributed by atoms with Gasteiger partial charge in [0, 0.05) is 44.2 Å². The lowest BCUT2D eigenvalue weighted by atomic mass is 9.59. The largest absolute Gasteiger partial charge is 0.309 e. The Labute approximate surface area is 366 Å². The van der Waals surface area contributed by atoms with Gasteiger partial charge in [0.1, 0.15) is 0 Å². The minimum Gasteiger partial charge on any atom is -0.309 e. The van der Waals surface area contributed by atoms with E-state index in [2.05, 4.69) is 158 Å². The van der Waals surface area contributed by atoms with Crippen LogP contribution in [0.1, 0.15) is 150 Å². The molecule has 0 aliphatic heterocycles. The molecule has 1 fully saturated rings. The maximum absolute atomic E-state index is 11.3. The summed E-state index contributed by atoms with van der Waals surface area (Å²) in [4.78, 5) is 0. The molecule has 5 aliphatic rings. The van der Waals surface area contributed by atoms with Gasteiger partial charge in [0.25, 0.3) is 0 Å². The van der Waals surface area contributed by atoms with E-state index < -0.39 is 0 Å². The average Bonchev–Trinajstić information content (AvgIpc) is 4.14. The third kappa shape index (κ3) is 4.17. The molecule has 0 N–H and O–H groups in total. The van der Waals surface area contributed by atoms with Crippen molar-refractivity contribution in [3.8, 4) is 17.8 Å². The molecule has 15 rings (SSSR count). The van der Waals surface area contributed by atoms with Gasteiger partial charge in [-0.2, -0.15) is 10.5 Å². The number of benzene rings is 7. The summed E-state index contributed by atoms with van der Waals surface area (Å²) in [5.74, 6) is 0.599. The third-order valence-electron chi connectivity index (χ3n) is 16.5. The summed E-state index contributed by atoms with van der Waals surface area (Å²) < 4.78 is 5.13. The first-order valence-electron chi connectivity index (χ1n) is 23.3. The van der Waals surface area contributed by atoms with Crippen LogP contribution in [0.5, 0.6) is 0 Å². The standard InChI is InChI=1S/C59H46N4/c1-31(2)35-19-13-20-36(32(3)4)57(35)62-44-21-10-9-18-41(44)51-47(62)28-43-53-45(63-46-27-34(30-61)56-42(52(46)55(51)58(43)63)22-25-59(56)23-11-12-24-59)26-33(29-60)48-49-37-14-5-7-16-39(37)50(54(48)53)40-17-8-6-15-38(40)49/h5-10,13-21,26-28,31-32,49-50H,11-12,22-25H2,1-4H3. The number of nitrogens with zero attached hydrogens (tertiary/aromatic N) is 4. The summed E-state index contributed by atoms with van der Waals surface area (Å²) in [6, 6.07) is 46.6. The zero-order valence-electron chi connectivity index (χ0n) is 36.2. The van der Waals surface area contributed by atoms with E-state index in [1.807, 2.05) is 0 Å². The molecule has 3 aromatic heterocycles. The summed E-state index contributed by atoms with van der Waals surface area (Å²) in [7, 11) is 0. The number of hydrogen-bond donors (Lipinski definition) is 0. The number of fused-ring (bicyclic) bond motifs is 13. The first-order chi connectivity index (χ1) is 30.8. The number of aromatic nitrogens is 2. The highest BCUT2D eigenvalue weighted by atomic mass is 15.0. The molecule has 3 heterocycles. The second-order valence-corrected chi connectivity index (χ2v) is 20.0. The van der Waals surface area contributed by atoms with Gasteiger partial charge >= 0.3 is 0 Å². The Morgan fingerprint density at radius 3 is 1.78 bits per heavy atom. The van der Waals surface area contributed by atoms with Gasteiger partial charge in [0.15, 0.2) is 0 Å². The molecule has 4 nitrogen and oxygen atoms in total. The van der Waals surface area contributed by atoms with Crippen LogP contribution in [0.4, 0.5) is 0 Å². The number of nitriles is 2. The maximum atomic E-state index is 11.3. The third-order valence-corrected chi connectivity index (χ3v) is 16.5. The lowest BCUT2D eigenvalue weighted by Crippen LogP contribution is -2.28. The van der Waals surface area contributed by atoms with Crippen molar-refractivity contribution in [1.29, 1.82) is 10.5 Å². The van der Waals surface area contributed by atoms with Gasteiger partial charge in [-0.15, -0.1) is 0 Å². The van der Waals surface area contributed by atoms with Crippen molar-refractivity contribution in [3.05, 3.63) is 176 Å². The number of para-hydroxylation sites is 2. The molecule has 1 saturated carbocycles. The molecular formula is C59H46N4. The van der Waals surface area contributed by atoms with Crippen LogP contribution in [0.15, 0.2) is 109 Å². The average molecular weight is 811 g/mol. The Balaban J connectivity index is 1.26. The number of aryl methyl sites for hydroxylation is 1. The van der Waals surface area contributed by atoms with E-state index in [-0.39, 0.29) is 17.3 Å². The Morgan fingerprint density at radius 2 is 1.14 bits per heavy atom. The lowest BCUT2D eigenvalue weighted by molar-refractivity contribution is 0.438. The Morgan fingerprint density at radius 1 is 0.556 bits per heavy atom. The highest BCUT2D eigenvalue weighted by Crippen LogP contribution is 2.61. The van der Waals surface area contributed by atoms with Gasteiger partial charge in [-0.3, -0.25) is 0 Å². The summed E-state index contributed by atoms with van der Waals surface area (Å²) in [5, 5.41) is 30.1. The zero-order valence-corrected chi connectivity index (χ0v) is 36.2. The summed E-state index contributed by atoms with van der Waals surface area (Å²) in [6.45, 7) is 9.32. The molecule has 0 saturated heterocycles. The number of rotatable bonds is 3. The predicted molar refractivity (Wildman–Crippen MR) is 256 cm³/mol. The van der Waals surface area contributed by atoms with Gasteiger partial charge in [-0.25, -0.2) is 0 Å². The normalized spacial score (nSPS) is 18.2. The van der Waals surface area contributed by atoms with Crippen molar-refractivity contribution in [1.82, 2.24) is 8.97 Å². The fourth-order valence-electron chi connectivity index (χ4n) is 14.2. The highest BCUT2D eigenvalue weighted by molar-refractivity contribution is 6.37. The molecule has 10 aromatic rings. The highest BCUT2D eigenvalue weighted by Gasteiger charge is 2.47. The molecule has 7 aromatic carbocycles. The summed E-state index contributed by atoms with van der Waals surface area (Å²) in [6.07, 6.45) is 6.86. The fraction of sp³-hybridized carbons (Fsp3) is 0.254. The maximum Gasteiger partial charge on any atom is 0.0995 e. The Kier molecular flexibility index (Phi) is 6.90. The van der Waals surface area contributed by atoms with Crippen LogP contribution >= 0.6 is 0 Å². The van der Waals surface area contributed by atoms with Crippen LogP contribution in [-0.2, 0) is 11.8 Å². The van der Waals surface area contributed by atoms with E-state index >= 15 is 0 Å². The summed E-state index contributed by atoms with van der Waals surface area (Å²) in [5.41, 5.74) is 22.0. The van der Waals surface area contributed by atoms with Crippen LogP contribution in [0.3, 0.4) is 0 Å². The molecule has 5 aliphatic carbocycles. The van der Waals surface area contributed by atoms with Gasteiger partial charge in [0.05, 0.1) is 56.5 Å². The first kappa shape index (κ1) is 35.7. The minimum atomic E-state index is -0.0256. The zero-order chi connectivity index (χ0) is 42.2. The second-order valence-electron chi connectivity index (χ2n) is 20.0. The van der Waals surface area contributed by atoms with Gasteiger partial charge in [-0.1, -0.05) is 125 Å². The molecule has 1 spiro atoms. The van der Waals surface area contributed by atoms with E-state index in [0.717, 1.165) is 53.4 Å². The van der Waals surface area contributed by atoms with Crippen LogP contribution in [-0.4, -0.2) is 8.97 Å². The van der Waals surface area contributed by atoms with Crippen molar-refractivity contribution >= 4 is 59.9 Å². The number of hydrogen-bond acceptors (Lipinski definition) is 2. The van der Waals surface area contributed by atoms with E-state index in [0.29, 0.717) is 11.8 Å². The smallest absolute Gasteiger partial charge is 0.0995 e. The van der Waals surface area contributed by atoms with Gasteiger partial charge < -0.3 is 8.97 Å². The van der Waals surface area contributed by atoms with E-state index in [9.17, 15) is 10.5 Å². The molecule has 302 valence electrons. The molecule has 0 atom stereocenters. The van der Waals surface area contributed by atoms with Crippen LogP contribution in [0.25, 0.3) is 65.6 Å². The van der Waals surface area contributed by atoms with Crippen molar-refractivity contribution in [2.24, 2.45) is 0 Å². The van der Waals surface area contributed by atoms with Crippen LogP contribution in [0, 0.1) is 22.7 Å². The van der Waals surface area contributed by atoms with E-state index in [1.165, 1.54) is 117 Å². The fourth-order valence-corrected chi connectivity index (χ4v) is 14.2. The van der Waals surface area contributed by atoms with Crippen molar-refractivity contribution in [3.63, 3.8) is 0 Å². The molecule has 63 heavy (non-hydrogen) atoms. The SMILES string of the molecule is CC(C)c1cccc(C(C)C)c1-n1c2ccccc2c2c3c4c5c(c(C#N)cc4n4c6cc(C#N)c7c(c6c(cc21)c34)C1c2ccccc2C7c2ccccc21)C1(CCCC1)CC5. The van der Waals surface area contributed by atoms with E-state index in [4.69, 9.17) is 0 Å². The molecular weight excluding hydrogens is 765 g/mol. The molecule has 4 heteroatoms. The van der Waals surface area contributed by atoms with E-state index in [1.54, 1.807) is 0 Å². The molecule has 0 amide bonds. The minimum absolute atomic E-state index is 0.0118. The van der Waals surface area contributed by atoms with Crippen LogP contribution in [0.2, 0.25) is 0 Å². The topological polar surface area (TPSA) is 56.9 Å². The molecule has 0 unspecified atom stereocenters. The lowest BCUT2D eigenvalue weighted by Gasteiger charge is -2.43. The van der Waals surface area contributed by atoms with Crippen molar-refractivity contribution in [2.75, 3.05) is 0 Å². The van der Waals surface area contributed by atoms with Crippen molar-refractivity contribution in [2.45, 2.75) is 95.3 Å².